The molecule has 0 unspecified atom stereocenters. The first-order chi connectivity index (χ1) is 15.0. The Labute approximate surface area is 195 Å². The van der Waals surface area contributed by atoms with Gasteiger partial charge in [0.05, 0.1) is 0 Å². The van der Waals surface area contributed by atoms with Gasteiger partial charge in [-0.25, -0.2) is 0 Å². The second-order valence-corrected chi connectivity index (χ2v) is 9.91. The molecule has 0 amide bonds. The van der Waals surface area contributed by atoms with E-state index in [-0.39, 0.29) is 11.8 Å². The van der Waals surface area contributed by atoms with Crippen molar-refractivity contribution in [2.75, 3.05) is 0 Å². The van der Waals surface area contributed by atoms with E-state index in [0.717, 1.165) is 59.1 Å². The predicted octanol–water partition coefficient (Wildman–Crippen LogP) is 9.08. The Hall–Kier alpha value is -2.48. The number of benzene rings is 2. The van der Waals surface area contributed by atoms with Gasteiger partial charge < -0.3 is 10.2 Å². The lowest BCUT2D eigenvalue weighted by molar-refractivity contribution is 0.454. The Morgan fingerprint density at radius 1 is 0.688 bits per heavy atom. The van der Waals surface area contributed by atoms with Crippen molar-refractivity contribution in [2.45, 2.75) is 92.9 Å². The molecule has 0 saturated carbocycles. The fourth-order valence-electron chi connectivity index (χ4n) is 4.40. The number of aryl methyl sites for hydroxylation is 2. The minimum absolute atomic E-state index is 0.235. The molecule has 0 aliphatic rings. The number of hydrogen-bond donors (Lipinski definition) is 2. The van der Waals surface area contributed by atoms with Crippen LogP contribution in [-0.4, -0.2) is 10.2 Å². The van der Waals surface area contributed by atoms with Crippen molar-refractivity contribution in [3.63, 3.8) is 0 Å². The standard InChI is InChI=1S/C30H42O2/c1-19(2)11-9-13-21(5)25-17-15-23(7)27(29(25)31)28-24(8)16-18-26(30(28)32)22(6)14-10-12-20(3)4/h11-12,15-18,21-22,31-32H,9-10,13-14H2,1-8H3/t21-,22-/m0/s1. The summed E-state index contributed by atoms with van der Waals surface area (Å²) >= 11 is 0. The van der Waals surface area contributed by atoms with Crippen molar-refractivity contribution >= 4 is 0 Å². The molecule has 0 aromatic heterocycles. The van der Waals surface area contributed by atoms with Crippen molar-refractivity contribution in [3.05, 3.63) is 69.8 Å². The molecule has 2 rings (SSSR count). The van der Waals surface area contributed by atoms with Crippen LogP contribution in [0.5, 0.6) is 11.5 Å². The predicted molar refractivity (Wildman–Crippen MR) is 139 cm³/mol. The molecule has 2 N–H and O–H groups in total. The Morgan fingerprint density at radius 2 is 1.03 bits per heavy atom. The van der Waals surface area contributed by atoms with Crippen molar-refractivity contribution in [2.24, 2.45) is 0 Å². The normalized spacial score (nSPS) is 12.9. The molecular weight excluding hydrogens is 392 g/mol. The van der Waals surface area contributed by atoms with Crippen LogP contribution in [0.2, 0.25) is 0 Å². The van der Waals surface area contributed by atoms with E-state index in [9.17, 15) is 10.2 Å². The largest absolute Gasteiger partial charge is 0.507 e. The summed E-state index contributed by atoms with van der Waals surface area (Å²) in [5.41, 5.74) is 8.05. The molecule has 0 fully saturated rings. The summed E-state index contributed by atoms with van der Waals surface area (Å²) in [5, 5.41) is 22.7. The smallest absolute Gasteiger partial charge is 0.127 e. The van der Waals surface area contributed by atoms with Crippen LogP contribution >= 0.6 is 0 Å². The van der Waals surface area contributed by atoms with Crippen LogP contribution in [0.15, 0.2) is 47.6 Å². The minimum atomic E-state index is 0.235. The molecule has 2 aromatic rings. The Balaban J connectivity index is 2.48. The molecule has 0 aliphatic heterocycles. The number of allylic oxidation sites excluding steroid dienone is 4. The molecule has 2 aromatic carbocycles. The van der Waals surface area contributed by atoms with Gasteiger partial charge in [-0.1, -0.05) is 61.4 Å². The number of aromatic hydroxyl groups is 2. The monoisotopic (exact) mass is 434 g/mol. The maximum absolute atomic E-state index is 11.3. The van der Waals surface area contributed by atoms with Gasteiger partial charge in [0.25, 0.3) is 0 Å². The summed E-state index contributed by atoms with van der Waals surface area (Å²) in [7, 11) is 0. The number of phenols is 2. The van der Waals surface area contributed by atoms with Crippen LogP contribution in [0.25, 0.3) is 11.1 Å². The molecule has 2 atom stereocenters. The molecule has 174 valence electrons. The van der Waals surface area contributed by atoms with Crippen molar-refractivity contribution < 1.29 is 10.2 Å². The van der Waals surface area contributed by atoms with Gasteiger partial charge in [0.15, 0.2) is 0 Å². The van der Waals surface area contributed by atoms with Gasteiger partial charge in [0, 0.05) is 11.1 Å². The molecular formula is C30H42O2. The van der Waals surface area contributed by atoms with E-state index in [4.69, 9.17) is 0 Å². The van der Waals surface area contributed by atoms with Crippen LogP contribution in [0.3, 0.4) is 0 Å². The summed E-state index contributed by atoms with van der Waals surface area (Å²) in [6, 6.07) is 8.23. The highest BCUT2D eigenvalue weighted by atomic mass is 16.3. The maximum atomic E-state index is 11.3. The fourth-order valence-corrected chi connectivity index (χ4v) is 4.40. The third-order valence-electron chi connectivity index (χ3n) is 6.45. The highest BCUT2D eigenvalue weighted by molar-refractivity contribution is 5.83. The maximum Gasteiger partial charge on any atom is 0.127 e. The third kappa shape index (κ3) is 6.28. The Bertz CT molecular complexity index is 905. The lowest BCUT2D eigenvalue weighted by atomic mass is 9.85. The summed E-state index contributed by atoms with van der Waals surface area (Å²) in [6.45, 7) is 16.8. The minimum Gasteiger partial charge on any atom is -0.507 e. The summed E-state index contributed by atoms with van der Waals surface area (Å²) < 4.78 is 0. The average molecular weight is 435 g/mol. The van der Waals surface area contributed by atoms with Crippen LogP contribution < -0.4 is 0 Å². The lowest BCUT2D eigenvalue weighted by Crippen LogP contribution is -2.00. The van der Waals surface area contributed by atoms with E-state index in [2.05, 4.69) is 65.8 Å². The second kappa shape index (κ2) is 11.4. The molecule has 0 aliphatic carbocycles. The number of hydrogen-bond acceptors (Lipinski definition) is 2. The van der Waals surface area contributed by atoms with Crippen LogP contribution in [0.4, 0.5) is 0 Å². The zero-order chi connectivity index (χ0) is 24.0. The Kier molecular flexibility index (Phi) is 9.19. The van der Waals surface area contributed by atoms with Gasteiger partial charge >= 0.3 is 0 Å². The van der Waals surface area contributed by atoms with Gasteiger partial charge in [-0.15, -0.1) is 0 Å². The number of phenolic OH excluding ortho intramolecular Hbond substituents is 2. The summed E-state index contributed by atoms with van der Waals surface area (Å²) in [4.78, 5) is 0. The van der Waals surface area contributed by atoms with Crippen LogP contribution in [-0.2, 0) is 0 Å². The molecule has 32 heavy (non-hydrogen) atoms. The third-order valence-corrected chi connectivity index (χ3v) is 6.45. The van der Waals surface area contributed by atoms with Gasteiger partial charge in [0.2, 0.25) is 0 Å². The summed E-state index contributed by atoms with van der Waals surface area (Å²) in [5.74, 6) is 1.09. The fraction of sp³-hybridized carbons (Fsp3) is 0.467. The van der Waals surface area contributed by atoms with Gasteiger partial charge in [-0.3, -0.25) is 0 Å². The second-order valence-electron chi connectivity index (χ2n) is 9.91. The first-order valence-electron chi connectivity index (χ1n) is 12.0. The highest BCUT2D eigenvalue weighted by Gasteiger charge is 2.23. The molecule has 2 nitrogen and oxygen atoms in total. The van der Waals surface area contributed by atoms with Crippen molar-refractivity contribution in [1.82, 2.24) is 0 Å². The van der Waals surface area contributed by atoms with Crippen molar-refractivity contribution in [3.8, 4) is 22.6 Å². The Morgan fingerprint density at radius 3 is 1.34 bits per heavy atom. The lowest BCUT2D eigenvalue weighted by Gasteiger charge is -2.22. The molecule has 0 spiro atoms. The SMILES string of the molecule is CC(C)=CCC[C@H](C)c1ccc(C)c(-c2c(C)ccc([C@@H](C)CCC=C(C)C)c2O)c1O. The van der Waals surface area contributed by atoms with E-state index in [1.54, 1.807) is 0 Å². The van der Waals surface area contributed by atoms with Crippen LogP contribution in [0, 0.1) is 13.8 Å². The van der Waals surface area contributed by atoms with E-state index < -0.39 is 0 Å². The van der Waals surface area contributed by atoms with Gasteiger partial charge in [-0.05, 0) is 101 Å². The van der Waals surface area contributed by atoms with E-state index >= 15 is 0 Å². The van der Waals surface area contributed by atoms with E-state index in [1.807, 2.05) is 26.0 Å². The first-order valence-corrected chi connectivity index (χ1v) is 12.0. The molecule has 0 bridgehead atoms. The van der Waals surface area contributed by atoms with Gasteiger partial charge in [-0.2, -0.15) is 0 Å². The van der Waals surface area contributed by atoms with Gasteiger partial charge in [0.1, 0.15) is 11.5 Å². The number of rotatable bonds is 9. The first kappa shape index (κ1) is 25.8. The topological polar surface area (TPSA) is 40.5 Å². The molecule has 0 heterocycles. The van der Waals surface area contributed by atoms with E-state index in [1.165, 1.54) is 11.1 Å². The molecule has 0 radical (unpaired) electrons. The summed E-state index contributed by atoms with van der Waals surface area (Å²) in [6.07, 6.45) is 8.45. The highest BCUT2D eigenvalue weighted by Crippen LogP contribution is 2.46. The zero-order valence-corrected chi connectivity index (χ0v) is 21.3. The van der Waals surface area contributed by atoms with E-state index in [0.29, 0.717) is 11.5 Å². The molecule has 2 heteroatoms. The quantitative estimate of drug-likeness (QED) is 0.386. The molecule has 0 saturated heterocycles. The average Bonchev–Trinajstić information content (AvgIpc) is 2.69. The van der Waals surface area contributed by atoms with Crippen LogP contribution in [0.1, 0.15) is 101 Å². The van der Waals surface area contributed by atoms with Crippen molar-refractivity contribution in [1.29, 1.82) is 0 Å². The zero-order valence-electron chi connectivity index (χ0n) is 21.3.